The van der Waals surface area contributed by atoms with E-state index in [1.165, 1.54) is 4.57 Å². The molecule has 0 bridgehead atoms. The number of aryl methyl sites for hydroxylation is 1. The van der Waals surface area contributed by atoms with Crippen LogP contribution in [0.25, 0.3) is 0 Å². The molecule has 82 valence electrons. The van der Waals surface area contributed by atoms with Crippen molar-refractivity contribution in [1.29, 1.82) is 0 Å². The van der Waals surface area contributed by atoms with E-state index in [0.29, 0.717) is 12.2 Å². The molecule has 0 saturated carbocycles. The van der Waals surface area contributed by atoms with Crippen molar-refractivity contribution >= 4 is 5.69 Å². The topological polar surface area (TPSA) is 73.8 Å². The fourth-order valence-electron chi connectivity index (χ4n) is 1.44. The fourth-order valence-corrected chi connectivity index (χ4v) is 1.44. The molecule has 2 aromatic rings. The Morgan fingerprint density at radius 1 is 1.44 bits per heavy atom. The maximum absolute atomic E-state index is 11.5. The van der Waals surface area contributed by atoms with E-state index in [0.717, 1.165) is 11.3 Å². The average Bonchev–Trinajstić information content (AvgIpc) is 2.24. The monoisotopic (exact) mass is 216 g/mol. The van der Waals surface area contributed by atoms with E-state index < -0.39 is 0 Å². The van der Waals surface area contributed by atoms with Crippen LogP contribution in [0.1, 0.15) is 11.3 Å². The van der Waals surface area contributed by atoms with Crippen molar-refractivity contribution in [2.24, 2.45) is 0 Å². The van der Waals surface area contributed by atoms with E-state index in [1.54, 1.807) is 30.7 Å². The quantitative estimate of drug-likeness (QED) is 0.796. The zero-order chi connectivity index (χ0) is 11.5. The highest BCUT2D eigenvalue weighted by Gasteiger charge is 2.00. The van der Waals surface area contributed by atoms with Crippen molar-refractivity contribution in [3.05, 3.63) is 52.5 Å². The average molecular weight is 216 g/mol. The lowest BCUT2D eigenvalue weighted by atomic mass is 10.3. The van der Waals surface area contributed by atoms with Gasteiger partial charge in [0.15, 0.2) is 0 Å². The normalized spacial score (nSPS) is 10.3. The summed E-state index contributed by atoms with van der Waals surface area (Å²) >= 11 is 0. The van der Waals surface area contributed by atoms with Crippen LogP contribution < -0.4 is 11.4 Å². The standard InChI is InChI=1S/C11H12N4O/c1-8-5-14-11(16)15(6-8)7-10-4-9(12)2-3-13-10/h2-6H,7H2,1H3,(H2,12,13). The highest BCUT2D eigenvalue weighted by Crippen LogP contribution is 2.04. The molecule has 0 saturated heterocycles. The second kappa shape index (κ2) is 4.14. The summed E-state index contributed by atoms with van der Waals surface area (Å²) in [5.74, 6) is 0. The molecule has 0 atom stereocenters. The first kappa shape index (κ1) is 10.4. The first-order valence-electron chi connectivity index (χ1n) is 4.88. The molecule has 0 amide bonds. The number of nitrogen functional groups attached to an aromatic ring is 1. The number of nitrogens with zero attached hydrogens (tertiary/aromatic N) is 3. The summed E-state index contributed by atoms with van der Waals surface area (Å²) in [6, 6.07) is 3.45. The molecule has 0 aliphatic carbocycles. The number of rotatable bonds is 2. The van der Waals surface area contributed by atoms with Gasteiger partial charge in [-0.2, -0.15) is 0 Å². The summed E-state index contributed by atoms with van der Waals surface area (Å²) < 4.78 is 1.51. The van der Waals surface area contributed by atoms with Crippen LogP contribution in [0, 0.1) is 6.92 Å². The van der Waals surface area contributed by atoms with Gasteiger partial charge in [-0.05, 0) is 24.6 Å². The number of hydrogen-bond acceptors (Lipinski definition) is 4. The van der Waals surface area contributed by atoms with Crippen LogP contribution in [-0.4, -0.2) is 14.5 Å². The molecule has 0 aliphatic rings. The van der Waals surface area contributed by atoms with Gasteiger partial charge in [0.2, 0.25) is 0 Å². The third kappa shape index (κ3) is 2.25. The van der Waals surface area contributed by atoms with Gasteiger partial charge in [-0.25, -0.2) is 9.78 Å². The van der Waals surface area contributed by atoms with Crippen LogP contribution in [0.5, 0.6) is 0 Å². The maximum Gasteiger partial charge on any atom is 0.347 e. The molecule has 0 radical (unpaired) electrons. The van der Waals surface area contributed by atoms with E-state index in [-0.39, 0.29) is 5.69 Å². The van der Waals surface area contributed by atoms with Crippen molar-refractivity contribution in [2.45, 2.75) is 13.5 Å². The molecule has 0 spiro atoms. The predicted molar refractivity (Wildman–Crippen MR) is 61.0 cm³/mol. The molecule has 5 heteroatoms. The van der Waals surface area contributed by atoms with E-state index in [1.807, 2.05) is 6.92 Å². The third-order valence-electron chi connectivity index (χ3n) is 2.16. The molecule has 2 N–H and O–H groups in total. The molecule has 2 aromatic heterocycles. The number of anilines is 1. The van der Waals surface area contributed by atoms with Crippen LogP contribution in [0.3, 0.4) is 0 Å². The number of pyridine rings is 1. The summed E-state index contributed by atoms with van der Waals surface area (Å²) in [5, 5.41) is 0. The second-order valence-corrected chi connectivity index (χ2v) is 3.62. The highest BCUT2D eigenvalue weighted by atomic mass is 16.1. The zero-order valence-electron chi connectivity index (χ0n) is 8.92. The largest absolute Gasteiger partial charge is 0.399 e. The summed E-state index contributed by atoms with van der Waals surface area (Å²) in [7, 11) is 0. The molecule has 0 aromatic carbocycles. The van der Waals surface area contributed by atoms with Crippen LogP contribution in [-0.2, 0) is 6.54 Å². The van der Waals surface area contributed by atoms with Crippen molar-refractivity contribution < 1.29 is 0 Å². The molecule has 5 nitrogen and oxygen atoms in total. The van der Waals surface area contributed by atoms with Gasteiger partial charge in [0.1, 0.15) is 0 Å². The maximum atomic E-state index is 11.5. The predicted octanol–water partition coefficient (Wildman–Crippen LogP) is 0.577. The smallest absolute Gasteiger partial charge is 0.347 e. The van der Waals surface area contributed by atoms with E-state index in [2.05, 4.69) is 9.97 Å². The molecule has 2 rings (SSSR count). The number of aromatic nitrogens is 3. The van der Waals surface area contributed by atoms with Crippen molar-refractivity contribution in [3.8, 4) is 0 Å². The lowest BCUT2D eigenvalue weighted by molar-refractivity contribution is 0.706. The van der Waals surface area contributed by atoms with Gasteiger partial charge in [0, 0.05) is 24.3 Å². The SMILES string of the molecule is Cc1cnc(=O)n(Cc2cc(N)ccn2)c1. The van der Waals surface area contributed by atoms with Gasteiger partial charge in [-0.3, -0.25) is 9.55 Å². The molecular weight excluding hydrogens is 204 g/mol. The Bertz CT molecular complexity index is 562. The molecule has 16 heavy (non-hydrogen) atoms. The lowest BCUT2D eigenvalue weighted by Crippen LogP contribution is -2.23. The van der Waals surface area contributed by atoms with Crippen molar-refractivity contribution in [2.75, 3.05) is 5.73 Å². The van der Waals surface area contributed by atoms with Gasteiger partial charge in [-0.15, -0.1) is 0 Å². The van der Waals surface area contributed by atoms with Gasteiger partial charge < -0.3 is 5.73 Å². The van der Waals surface area contributed by atoms with Crippen molar-refractivity contribution in [1.82, 2.24) is 14.5 Å². The minimum Gasteiger partial charge on any atom is -0.399 e. The Morgan fingerprint density at radius 2 is 2.25 bits per heavy atom. The summed E-state index contributed by atoms with van der Waals surface area (Å²) in [6.45, 7) is 2.27. The Morgan fingerprint density at radius 3 is 3.00 bits per heavy atom. The van der Waals surface area contributed by atoms with Crippen LogP contribution in [0.4, 0.5) is 5.69 Å². The van der Waals surface area contributed by atoms with Crippen LogP contribution >= 0.6 is 0 Å². The number of nitrogens with two attached hydrogens (primary N) is 1. The number of hydrogen-bond donors (Lipinski definition) is 1. The summed E-state index contributed by atoms with van der Waals surface area (Å²) in [5.41, 5.74) is 7.67. The van der Waals surface area contributed by atoms with Gasteiger partial charge >= 0.3 is 5.69 Å². The van der Waals surface area contributed by atoms with Gasteiger partial charge in [0.05, 0.1) is 12.2 Å². The highest BCUT2D eigenvalue weighted by molar-refractivity contribution is 5.37. The molecule has 0 fully saturated rings. The Kier molecular flexibility index (Phi) is 2.68. The zero-order valence-corrected chi connectivity index (χ0v) is 8.92. The first-order chi connectivity index (χ1) is 7.65. The summed E-state index contributed by atoms with van der Waals surface area (Å²) in [6.07, 6.45) is 4.92. The Labute approximate surface area is 92.6 Å². The first-order valence-corrected chi connectivity index (χ1v) is 4.88. The molecule has 0 unspecified atom stereocenters. The van der Waals surface area contributed by atoms with Gasteiger partial charge in [0.25, 0.3) is 0 Å². The van der Waals surface area contributed by atoms with Gasteiger partial charge in [-0.1, -0.05) is 0 Å². The lowest BCUT2D eigenvalue weighted by Gasteiger charge is -2.05. The third-order valence-corrected chi connectivity index (χ3v) is 2.16. The molecule has 2 heterocycles. The minimum atomic E-state index is -0.283. The van der Waals surface area contributed by atoms with E-state index >= 15 is 0 Å². The summed E-state index contributed by atoms with van der Waals surface area (Å²) in [4.78, 5) is 19.3. The van der Waals surface area contributed by atoms with Crippen LogP contribution in [0.2, 0.25) is 0 Å². The van der Waals surface area contributed by atoms with E-state index in [4.69, 9.17) is 5.73 Å². The Hall–Kier alpha value is -2.17. The molecular formula is C11H12N4O. The fraction of sp³-hybridized carbons (Fsp3) is 0.182. The molecule has 0 aliphatic heterocycles. The second-order valence-electron chi connectivity index (χ2n) is 3.62. The van der Waals surface area contributed by atoms with E-state index in [9.17, 15) is 4.79 Å². The van der Waals surface area contributed by atoms with Crippen molar-refractivity contribution in [3.63, 3.8) is 0 Å². The Balaban J connectivity index is 2.34. The van der Waals surface area contributed by atoms with Crippen LogP contribution in [0.15, 0.2) is 35.5 Å². The minimum absolute atomic E-state index is 0.283.